The zero-order chi connectivity index (χ0) is 11.3. The molecule has 0 amide bonds. The Bertz CT molecular complexity index is 517. The molecule has 0 aliphatic heterocycles. The summed E-state index contributed by atoms with van der Waals surface area (Å²) in [6.45, 7) is 0. The molecule has 15 heavy (non-hydrogen) atoms. The van der Waals surface area contributed by atoms with E-state index in [0.717, 1.165) is 0 Å². The van der Waals surface area contributed by atoms with Crippen molar-refractivity contribution in [2.45, 2.75) is 0 Å². The van der Waals surface area contributed by atoms with Gasteiger partial charge < -0.3 is 5.21 Å². The molecule has 80 valence electrons. The molecule has 0 fully saturated rings. The molecule has 8 heteroatoms. The maximum atomic E-state index is 11.4. The van der Waals surface area contributed by atoms with E-state index < -0.39 is 0 Å². The number of benzene rings is 1. The molecule has 4 nitrogen and oxygen atoms in total. The molecule has 1 aromatic carbocycles. The van der Waals surface area contributed by atoms with Crippen molar-refractivity contribution >= 4 is 57.4 Å². The SMILES string of the molecule is Cn1n[n+]([O-])c2c(Cl)c(Cl)c(Cl)c(Cl)c21. The van der Waals surface area contributed by atoms with Crippen LogP contribution in [-0.2, 0) is 7.05 Å². The number of aryl methyl sites for hydroxylation is 1. The Kier molecular flexibility index (Phi) is 2.63. The molecule has 0 radical (unpaired) electrons. The number of aromatic nitrogens is 3. The van der Waals surface area contributed by atoms with Crippen LogP contribution in [0.3, 0.4) is 0 Å². The zero-order valence-electron chi connectivity index (χ0n) is 7.26. The summed E-state index contributed by atoms with van der Waals surface area (Å²) < 4.78 is 1.29. The fourth-order valence-corrected chi connectivity index (χ4v) is 2.32. The number of fused-ring (bicyclic) bond motifs is 1. The fraction of sp³-hybridized carbons (Fsp3) is 0.143. The minimum atomic E-state index is 0.0455. The first-order chi connectivity index (χ1) is 6.95. The van der Waals surface area contributed by atoms with Gasteiger partial charge in [-0.1, -0.05) is 46.4 Å². The Balaban J connectivity index is 3.10. The van der Waals surface area contributed by atoms with Crippen molar-refractivity contribution in [3.63, 3.8) is 0 Å². The predicted octanol–water partition coefficient (Wildman–Crippen LogP) is 2.82. The number of halogens is 4. The second kappa shape index (κ2) is 3.56. The van der Waals surface area contributed by atoms with Crippen LogP contribution in [-0.4, -0.2) is 9.90 Å². The summed E-state index contributed by atoms with van der Waals surface area (Å²) in [5.41, 5.74) is 0.463. The summed E-state index contributed by atoms with van der Waals surface area (Å²) >= 11 is 23.5. The van der Waals surface area contributed by atoms with Gasteiger partial charge in [0, 0.05) is 0 Å². The molecule has 0 unspecified atom stereocenters. The molecule has 0 spiro atoms. The first-order valence-electron chi connectivity index (χ1n) is 3.73. The van der Waals surface area contributed by atoms with E-state index >= 15 is 0 Å². The average molecular weight is 287 g/mol. The van der Waals surface area contributed by atoms with Gasteiger partial charge in [-0.3, -0.25) is 0 Å². The van der Waals surface area contributed by atoms with E-state index in [2.05, 4.69) is 5.21 Å². The van der Waals surface area contributed by atoms with Crippen molar-refractivity contribution in [1.82, 2.24) is 9.90 Å². The van der Waals surface area contributed by atoms with Gasteiger partial charge in [0.25, 0.3) is 0 Å². The normalized spacial score (nSPS) is 11.3. The van der Waals surface area contributed by atoms with E-state index in [9.17, 15) is 5.21 Å². The Hall–Kier alpha value is -0.420. The van der Waals surface area contributed by atoms with Crippen molar-refractivity contribution in [3.05, 3.63) is 25.3 Å². The summed E-state index contributed by atoms with van der Waals surface area (Å²) in [5.74, 6) is 0. The van der Waals surface area contributed by atoms with E-state index in [1.54, 1.807) is 7.05 Å². The second-order valence-electron chi connectivity index (χ2n) is 2.84. The number of hydrogen-bond donors (Lipinski definition) is 0. The number of nitrogens with zero attached hydrogens (tertiary/aromatic N) is 3. The van der Waals surface area contributed by atoms with Crippen LogP contribution in [0.1, 0.15) is 0 Å². The van der Waals surface area contributed by atoms with Crippen molar-refractivity contribution in [3.8, 4) is 0 Å². The molecule has 0 bridgehead atoms. The van der Waals surface area contributed by atoms with Gasteiger partial charge in [-0.05, 0) is 0 Å². The van der Waals surface area contributed by atoms with Crippen LogP contribution in [0.25, 0.3) is 11.0 Å². The largest absolute Gasteiger partial charge is 0.691 e. The zero-order valence-corrected chi connectivity index (χ0v) is 10.3. The summed E-state index contributed by atoms with van der Waals surface area (Å²) in [6, 6.07) is 0. The highest BCUT2D eigenvalue weighted by molar-refractivity contribution is 6.54. The molecule has 0 aliphatic rings. The second-order valence-corrected chi connectivity index (χ2v) is 4.35. The molecule has 1 heterocycles. The summed E-state index contributed by atoms with van der Waals surface area (Å²) in [6.07, 6.45) is 0. The van der Waals surface area contributed by atoms with Gasteiger partial charge in [0.1, 0.15) is 17.1 Å². The lowest BCUT2D eigenvalue weighted by atomic mass is 10.3. The standard InChI is InChI=1S/C7H3Cl4N3O/c1-13-6-4(10)2(8)3(9)5(11)7(6)14(15)12-13/h1H3. The van der Waals surface area contributed by atoms with E-state index in [-0.39, 0.29) is 25.6 Å². The highest BCUT2D eigenvalue weighted by Gasteiger charge is 2.25. The van der Waals surface area contributed by atoms with E-state index in [4.69, 9.17) is 46.4 Å². The highest BCUT2D eigenvalue weighted by Crippen LogP contribution is 2.41. The van der Waals surface area contributed by atoms with Crippen LogP contribution in [0.4, 0.5) is 0 Å². The van der Waals surface area contributed by atoms with Gasteiger partial charge >= 0.3 is 0 Å². The molecular formula is C7H3Cl4N3O. The van der Waals surface area contributed by atoms with E-state index in [1.807, 2.05) is 0 Å². The minimum absolute atomic E-state index is 0.0455. The van der Waals surface area contributed by atoms with E-state index in [0.29, 0.717) is 10.4 Å². The molecule has 0 aliphatic carbocycles. The molecule has 2 rings (SSSR count). The summed E-state index contributed by atoms with van der Waals surface area (Å²) in [4.78, 5) is 0.353. The van der Waals surface area contributed by atoms with Crippen molar-refractivity contribution in [1.29, 1.82) is 0 Å². The number of rotatable bonds is 0. The predicted molar refractivity (Wildman–Crippen MR) is 59.7 cm³/mol. The Labute approximate surface area is 104 Å². The van der Waals surface area contributed by atoms with Crippen LogP contribution < -0.4 is 4.85 Å². The Morgan fingerprint density at radius 3 is 2.20 bits per heavy atom. The lowest BCUT2D eigenvalue weighted by Gasteiger charge is -2.02. The average Bonchev–Trinajstić information content (AvgIpc) is 2.47. The topological polar surface area (TPSA) is 44.8 Å². The minimum Gasteiger partial charge on any atom is -0.691 e. The quantitative estimate of drug-likeness (QED) is 0.323. The third-order valence-electron chi connectivity index (χ3n) is 1.95. The lowest BCUT2D eigenvalue weighted by molar-refractivity contribution is -0.646. The monoisotopic (exact) mass is 285 g/mol. The maximum absolute atomic E-state index is 11.4. The first kappa shape index (κ1) is 11.1. The Morgan fingerprint density at radius 2 is 1.60 bits per heavy atom. The first-order valence-corrected chi connectivity index (χ1v) is 5.24. The van der Waals surface area contributed by atoms with Crippen molar-refractivity contribution in [2.75, 3.05) is 0 Å². The van der Waals surface area contributed by atoms with Crippen LogP contribution in [0.15, 0.2) is 0 Å². The van der Waals surface area contributed by atoms with Crippen molar-refractivity contribution < 1.29 is 4.85 Å². The van der Waals surface area contributed by atoms with Gasteiger partial charge in [-0.25, -0.2) is 0 Å². The Morgan fingerprint density at radius 1 is 1.07 bits per heavy atom. The fourth-order valence-electron chi connectivity index (χ4n) is 1.29. The highest BCUT2D eigenvalue weighted by atomic mass is 35.5. The third kappa shape index (κ3) is 1.44. The van der Waals surface area contributed by atoms with Crippen LogP contribution in [0.5, 0.6) is 0 Å². The van der Waals surface area contributed by atoms with Gasteiger partial charge in [-0.2, -0.15) is 0 Å². The molecule has 2 aromatic rings. The lowest BCUT2D eigenvalue weighted by Crippen LogP contribution is -2.29. The maximum Gasteiger partial charge on any atom is 0.224 e. The van der Waals surface area contributed by atoms with Crippen LogP contribution in [0.2, 0.25) is 20.1 Å². The van der Waals surface area contributed by atoms with Gasteiger partial charge in [0.15, 0.2) is 0 Å². The summed E-state index contributed by atoms with van der Waals surface area (Å²) in [5, 5.41) is 15.3. The summed E-state index contributed by atoms with van der Waals surface area (Å²) in [7, 11) is 1.56. The van der Waals surface area contributed by atoms with Gasteiger partial charge in [-0.15, -0.1) is 9.53 Å². The number of hydrogen-bond acceptors (Lipinski definition) is 2. The molecule has 0 atom stereocenters. The third-order valence-corrected chi connectivity index (χ3v) is 3.73. The van der Waals surface area contributed by atoms with Gasteiger partial charge in [0.2, 0.25) is 11.0 Å². The molecule has 0 saturated carbocycles. The smallest absolute Gasteiger partial charge is 0.224 e. The molecule has 1 aromatic heterocycles. The molecular weight excluding hydrogens is 284 g/mol. The van der Waals surface area contributed by atoms with Crippen LogP contribution in [0, 0.1) is 5.21 Å². The van der Waals surface area contributed by atoms with Gasteiger partial charge in [0.05, 0.1) is 15.3 Å². The van der Waals surface area contributed by atoms with Crippen LogP contribution >= 0.6 is 46.4 Å². The molecule has 0 saturated heterocycles. The van der Waals surface area contributed by atoms with Crippen molar-refractivity contribution in [2.24, 2.45) is 7.05 Å². The van der Waals surface area contributed by atoms with E-state index in [1.165, 1.54) is 4.68 Å². The molecule has 0 N–H and O–H groups in total.